The number of carbonyl (C=O) groups is 2. The topological polar surface area (TPSA) is 117 Å². The summed E-state index contributed by atoms with van der Waals surface area (Å²) in [4.78, 5) is 30.8. The Morgan fingerprint density at radius 2 is 1.91 bits per heavy atom. The van der Waals surface area contributed by atoms with Crippen LogP contribution < -0.4 is 16.0 Å². The van der Waals surface area contributed by atoms with E-state index in [0.717, 1.165) is 31.9 Å². The lowest BCUT2D eigenvalue weighted by Gasteiger charge is -2.34. The lowest BCUT2D eigenvalue weighted by molar-refractivity contribution is 0.00752. The molecule has 10 heteroatoms. The number of benzene rings is 1. The molecule has 170 valence electrons. The Morgan fingerprint density at radius 1 is 1.19 bits per heavy atom. The first kappa shape index (κ1) is 22.1. The Kier molecular flexibility index (Phi) is 5.83. The van der Waals surface area contributed by atoms with Crippen molar-refractivity contribution >= 4 is 50.6 Å². The molecule has 1 saturated heterocycles. The molecule has 0 spiro atoms. The number of carbonyl (C=O) groups excluding carboxylic acids is 2. The molecule has 2 aromatic heterocycles. The normalized spacial score (nSPS) is 15.2. The highest BCUT2D eigenvalue weighted by Crippen LogP contribution is 2.31. The number of anilines is 3. The molecule has 3 heterocycles. The van der Waals surface area contributed by atoms with E-state index in [-0.39, 0.29) is 5.91 Å². The van der Waals surface area contributed by atoms with Gasteiger partial charge in [0.1, 0.15) is 21.1 Å². The minimum atomic E-state index is -0.588. The van der Waals surface area contributed by atoms with E-state index in [0.29, 0.717) is 32.2 Å². The molecule has 1 aliphatic heterocycles. The second-order valence-corrected chi connectivity index (χ2v) is 9.98. The molecule has 9 nitrogen and oxygen atoms in total. The smallest absolute Gasteiger partial charge is 0.348 e. The van der Waals surface area contributed by atoms with Gasteiger partial charge in [0.05, 0.1) is 10.9 Å². The maximum absolute atomic E-state index is 12.9. The summed E-state index contributed by atoms with van der Waals surface area (Å²) < 4.78 is 5.42. The van der Waals surface area contributed by atoms with Crippen LogP contribution in [0.3, 0.4) is 0 Å². The van der Waals surface area contributed by atoms with Gasteiger partial charge in [-0.15, -0.1) is 11.3 Å². The summed E-state index contributed by atoms with van der Waals surface area (Å²) in [5.74, 6) is -0.344. The van der Waals surface area contributed by atoms with Crippen LogP contribution >= 0.6 is 11.3 Å². The monoisotopic (exact) mass is 456 g/mol. The van der Waals surface area contributed by atoms with Crippen molar-refractivity contribution in [1.29, 1.82) is 0 Å². The van der Waals surface area contributed by atoms with Crippen molar-refractivity contribution in [2.75, 3.05) is 49.2 Å². The van der Waals surface area contributed by atoms with E-state index >= 15 is 0 Å². The first-order chi connectivity index (χ1) is 15.1. The Hall–Kier alpha value is -3.11. The third kappa shape index (κ3) is 4.71. The van der Waals surface area contributed by atoms with Gasteiger partial charge in [-0.05, 0) is 52.1 Å². The van der Waals surface area contributed by atoms with E-state index in [1.807, 2.05) is 32.9 Å². The number of nitrogens with one attached hydrogen (secondary N) is 2. The van der Waals surface area contributed by atoms with Crippen LogP contribution in [0.5, 0.6) is 0 Å². The molecule has 0 unspecified atom stereocenters. The molecule has 4 N–H and O–H groups in total. The van der Waals surface area contributed by atoms with Crippen LogP contribution in [-0.4, -0.2) is 65.8 Å². The quantitative estimate of drug-likeness (QED) is 0.408. The number of nitrogens with two attached hydrogens (primary N) is 1. The van der Waals surface area contributed by atoms with E-state index in [1.165, 1.54) is 11.3 Å². The summed E-state index contributed by atoms with van der Waals surface area (Å²) in [7, 11) is 2.11. The van der Waals surface area contributed by atoms with Gasteiger partial charge in [0.2, 0.25) is 0 Å². The summed E-state index contributed by atoms with van der Waals surface area (Å²) in [5, 5.41) is 10.5. The molecule has 0 saturated carbocycles. The van der Waals surface area contributed by atoms with E-state index in [4.69, 9.17) is 10.5 Å². The number of ether oxygens (including phenoxy) is 1. The third-order valence-electron chi connectivity index (χ3n) is 5.24. The molecule has 0 radical (unpaired) electrons. The Bertz CT molecular complexity index is 1150. The number of thiophene rings is 1. The van der Waals surface area contributed by atoms with Crippen LogP contribution in [0.15, 0.2) is 24.3 Å². The van der Waals surface area contributed by atoms with Crippen molar-refractivity contribution in [3.63, 3.8) is 0 Å². The zero-order valence-electron chi connectivity index (χ0n) is 18.7. The molecule has 4 rings (SSSR count). The van der Waals surface area contributed by atoms with Crippen LogP contribution in [0.4, 0.5) is 17.2 Å². The van der Waals surface area contributed by atoms with Gasteiger partial charge in [-0.25, -0.2) is 4.79 Å². The SMILES string of the molecule is CN1CCN(c2ccc(C(=O)Nc3[nH]nc4sc(C(=O)OC(C)(C)C)cc34)c(N)c2)CC1. The third-order valence-corrected chi connectivity index (χ3v) is 6.25. The molecular weight excluding hydrogens is 428 g/mol. The predicted octanol–water partition coefficient (Wildman–Crippen LogP) is 3.17. The molecule has 32 heavy (non-hydrogen) atoms. The predicted molar refractivity (Wildman–Crippen MR) is 128 cm³/mol. The number of H-pyrrole nitrogens is 1. The number of amides is 1. The van der Waals surface area contributed by atoms with Gasteiger partial charge in [-0.1, -0.05) is 0 Å². The Labute approximate surface area is 190 Å². The Morgan fingerprint density at radius 3 is 2.56 bits per heavy atom. The molecule has 0 bridgehead atoms. The average molecular weight is 457 g/mol. The number of nitrogen functional groups attached to an aromatic ring is 1. The molecule has 1 aliphatic rings. The summed E-state index contributed by atoms with van der Waals surface area (Å²) in [6.45, 7) is 9.27. The van der Waals surface area contributed by atoms with Gasteiger partial charge >= 0.3 is 5.97 Å². The molecular formula is C22H28N6O3S. The number of hydrogen-bond donors (Lipinski definition) is 3. The van der Waals surface area contributed by atoms with Crippen molar-refractivity contribution in [3.8, 4) is 0 Å². The van der Waals surface area contributed by atoms with Crippen LogP contribution in [0.1, 0.15) is 40.8 Å². The van der Waals surface area contributed by atoms with E-state index in [1.54, 1.807) is 12.1 Å². The van der Waals surface area contributed by atoms with Crippen molar-refractivity contribution in [1.82, 2.24) is 15.1 Å². The van der Waals surface area contributed by atoms with Crippen molar-refractivity contribution in [3.05, 3.63) is 34.7 Å². The maximum Gasteiger partial charge on any atom is 0.348 e. The van der Waals surface area contributed by atoms with Gasteiger partial charge in [-0.2, -0.15) is 5.10 Å². The van der Waals surface area contributed by atoms with Crippen molar-refractivity contribution in [2.45, 2.75) is 26.4 Å². The van der Waals surface area contributed by atoms with Crippen molar-refractivity contribution in [2.24, 2.45) is 0 Å². The van der Waals surface area contributed by atoms with Gasteiger partial charge in [0.15, 0.2) is 0 Å². The fraction of sp³-hybridized carbons (Fsp3) is 0.409. The highest BCUT2D eigenvalue weighted by Gasteiger charge is 2.23. The highest BCUT2D eigenvalue weighted by molar-refractivity contribution is 7.20. The van der Waals surface area contributed by atoms with Crippen LogP contribution in [0.25, 0.3) is 10.2 Å². The molecule has 1 fully saturated rings. The molecule has 1 aromatic carbocycles. The second-order valence-electron chi connectivity index (χ2n) is 8.95. The number of fused-ring (bicyclic) bond motifs is 1. The van der Waals surface area contributed by atoms with Crippen LogP contribution in [0.2, 0.25) is 0 Å². The highest BCUT2D eigenvalue weighted by atomic mass is 32.1. The number of nitrogens with zero attached hydrogens (tertiary/aromatic N) is 3. The minimum absolute atomic E-state index is 0.344. The first-order valence-corrected chi connectivity index (χ1v) is 11.3. The number of rotatable bonds is 4. The number of likely N-dealkylation sites (N-methyl/N-ethyl adjacent to an activating group) is 1. The molecule has 3 aromatic rings. The van der Waals surface area contributed by atoms with Gasteiger partial charge < -0.3 is 25.6 Å². The zero-order chi connectivity index (χ0) is 23.0. The van der Waals surface area contributed by atoms with Crippen LogP contribution in [-0.2, 0) is 4.74 Å². The van der Waals surface area contributed by atoms with E-state index in [2.05, 4.69) is 32.4 Å². The molecule has 0 aliphatic carbocycles. The zero-order valence-corrected chi connectivity index (χ0v) is 19.5. The number of hydrogen-bond acceptors (Lipinski definition) is 8. The maximum atomic E-state index is 12.9. The number of esters is 1. The lowest BCUT2D eigenvalue weighted by atomic mass is 10.1. The Balaban J connectivity index is 1.49. The summed E-state index contributed by atoms with van der Waals surface area (Å²) in [5.41, 5.74) is 7.43. The van der Waals surface area contributed by atoms with E-state index < -0.39 is 11.6 Å². The second kappa shape index (κ2) is 8.44. The van der Waals surface area contributed by atoms with Crippen LogP contribution in [0, 0.1) is 0 Å². The first-order valence-electron chi connectivity index (χ1n) is 10.5. The van der Waals surface area contributed by atoms with E-state index in [9.17, 15) is 9.59 Å². The molecule has 1 amide bonds. The number of aromatic amines is 1. The fourth-order valence-corrected chi connectivity index (χ4v) is 4.41. The van der Waals surface area contributed by atoms with Gasteiger partial charge in [0, 0.05) is 37.6 Å². The van der Waals surface area contributed by atoms with Gasteiger partial charge in [-0.3, -0.25) is 9.89 Å². The molecule has 0 atom stereocenters. The van der Waals surface area contributed by atoms with Crippen molar-refractivity contribution < 1.29 is 14.3 Å². The fourth-order valence-electron chi connectivity index (χ4n) is 3.53. The summed E-state index contributed by atoms with van der Waals surface area (Å²) in [6.07, 6.45) is 0. The number of piperazine rings is 1. The summed E-state index contributed by atoms with van der Waals surface area (Å²) >= 11 is 1.21. The summed E-state index contributed by atoms with van der Waals surface area (Å²) in [6, 6.07) is 7.18. The standard InChI is InChI=1S/C22H28N6O3S/c1-22(2,3)31-21(30)17-12-15-18(25-26-20(15)32-17)24-19(29)14-6-5-13(11-16(14)23)28-9-7-27(4)8-10-28/h5-6,11-12H,7-10,23H2,1-4H3,(H2,24,25,26,29). The van der Waals surface area contributed by atoms with Gasteiger partial charge in [0.25, 0.3) is 5.91 Å². The minimum Gasteiger partial charge on any atom is -0.456 e. The largest absolute Gasteiger partial charge is 0.456 e. The lowest BCUT2D eigenvalue weighted by Crippen LogP contribution is -2.44. The average Bonchev–Trinajstić information content (AvgIpc) is 3.29. The number of aromatic nitrogens is 2.